The molecular weight excluding hydrogens is 224 g/mol. The fourth-order valence-corrected chi connectivity index (χ4v) is 4.07. The van der Waals surface area contributed by atoms with E-state index in [-0.39, 0.29) is 0 Å². The Morgan fingerprint density at radius 3 is 2.29 bits per heavy atom. The smallest absolute Gasteiger partial charge is 0.159 e. The lowest BCUT2D eigenvalue weighted by Gasteiger charge is -2.18. The summed E-state index contributed by atoms with van der Waals surface area (Å²) < 4.78 is 0. The largest absolute Gasteiger partial charge is 0.295 e. The van der Waals surface area contributed by atoms with E-state index in [1.807, 2.05) is 6.92 Å². The SMILES string of the molecule is C=C(CC1=C(C(=C)C)CCC1=O)C[Si](C)(C)C. The summed E-state index contributed by atoms with van der Waals surface area (Å²) in [5, 5.41) is 0. The van der Waals surface area contributed by atoms with Crippen LogP contribution in [-0.2, 0) is 4.79 Å². The molecule has 0 unspecified atom stereocenters. The first kappa shape index (κ1) is 14.2. The number of rotatable bonds is 5. The first-order valence-electron chi connectivity index (χ1n) is 6.28. The minimum atomic E-state index is -1.12. The van der Waals surface area contributed by atoms with Gasteiger partial charge in [0.05, 0.1) is 0 Å². The molecule has 0 aromatic carbocycles. The zero-order chi connectivity index (χ0) is 13.2. The minimum absolute atomic E-state index is 0.305. The van der Waals surface area contributed by atoms with Crippen LogP contribution in [0.1, 0.15) is 26.2 Å². The Bertz CT molecular complexity index is 394. The Hall–Kier alpha value is -0.893. The van der Waals surface area contributed by atoms with Crippen LogP contribution in [0.4, 0.5) is 0 Å². The van der Waals surface area contributed by atoms with Crippen molar-refractivity contribution in [2.45, 2.75) is 51.9 Å². The fourth-order valence-electron chi connectivity index (χ4n) is 2.45. The second-order valence-electron chi connectivity index (χ2n) is 6.32. The number of hydrogen-bond donors (Lipinski definition) is 0. The van der Waals surface area contributed by atoms with Crippen molar-refractivity contribution in [1.29, 1.82) is 0 Å². The van der Waals surface area contributed by atoms with Crippen molar-refractivity contribution >= 4 is 13.9 Å². The van der Waals surface area contributed by atoms with Gasteiger partial charge in [-0.25, -0.2) is 0 Å². The molecule has 0 amide bonds. The number of Topliss-reactive ketones (excluding diaryl/α,β-unsaturated/α-hetero) is 1. The molecule has 1 aliphatic carbocycles. The van der Waals surface area contributed by atoms with Crippen LogP contribution in [0.25, 0.3) is 0 Å². The quantitative estimate of drug-likeness (QED) is 0.517. The zero-order valence-corrected chi connectivity index (χ0v) is 12.7. The molecule has 0 saturated heterocycles. The van der Waals surface area contributed by atoms with Crippen molar-refractivity contribution in [2.24, 2.45) is 0 Å². The molecular formula is C15H24OSi. The van der Waals surface area contributed by atoms with E-state index in [0.29, 0.717) is 12.2 Å². The molecule has 0 heterocycles. The molecule has 0 saturated carbocycles. The lowest BCUT2D eigenvalue weighted by atomic mass is 10.00. The van der Waals surface area contributed by atoms with E-state index in [2.05, 4.69) is 32.8 Å². The Morgan fingerprint density at radius 2 is 1.82 bits per heavy atom. The van der Waals surface area contributed by atoms with Gasteiger partial charge in [0, 0.05) is 20.1 Å². The van der Waals surface area contributed by atoms with Crippen LogP contribution < -0.4 is 0 Å². The van der Waals surface area contributed by atoms with Gasteiger partial charge in [-0.1, -0.05) is 43.9 Å². The van der Waals surface area contributed by atoms with Gasteiger partial charge >= 0.3 is 0 Å². The van der Waals surface area contributed by atoms with Gasteiger partial charge in [-0.05, 0) is 31.4 Å². The third-order valence-electron chi connectivity index (χ3n) is 3.03. The van der Waals surface area contributed by atoms with Crippen molar-refractivity contribution in [2.75, 3.05) is 0 Å². The average Bonchev–Trinajstić information content (AvgIpc) is 2.44. The molecule has 0 N–H and O–H groups in total. The second-order valence-corrected chi connectivity index (χ2v) is 11.8. The van der Waals surface area contributed by atoms with Crippen LogP contribution >= 0.6 is 0 Å². The summed E-state index contributed by atoms with van der Waals surface area (Å²) in [7, 11) is -1.12. The van der Waals surface area contributed by atoms with Crippen LogP contribution in [-0.4, -0.2) is 13.9 Å². The summed E-state index contributed by atoms with van der Waals surface area (Å²) in [6.45, 7) is 17.1. The zero-order valence-electron chi connectivity index (χ0n) is 11.7. The van der Waals surface area contributed by atoms with Gasteiger partial charge < -0.3 is 0 Å². The molecule has 0 radical (unpaired) electrons. The van der Waals surface area contributed by atoms with Crippen molar-refractivity contribution in [3.8, 4) is 0 Å². The number of hydrogen-bond acceptors (Lipinski definition) is 1. The molecule has 0 spiro atoms. The normalized spacial score (nSPS) is 16.6. The molecule has 0 atom stereocenters. The highest BCUT2D eigenvalue weighted by atomic mass is 28.3. The van der Waals surface area contributed by atoms with Gasteiger partial charge in [-0.3, -0.25) is 4.79 Å². The number of carbonyl (C=O) groups excluding carboxylic acids is 1. The lowest BCUT2D eigenvalue weighted by Crippen LogP contribution is -2.20. The van der Waals surface area contributed by atoms with Gasteiger partial charge in [-0.15, -0.1) is 0 Å². The predicted octanol–water partition coefficient (Wildman–Crippen LogP) is 4.51. The summed E-state index contributed by atoms with van der Waals surface area (Å²) in [4.78, 5) is 11.9. The Morgan fingerprint density at radius 1 is 1.24 bits per heavy atom. The summed E-state index contributed by atoms with van der Waals surface area (Å²) >= 11 is 0. The third-order valence-corrected chi connectivity index (χ3v) is 4.59. The molecule has 0 bridgehead atoms. The van der Waals surface area contributed by atoms with Gasteiger partial charge in [0.15, 0.2) is 5.78 Å². The minimum Gasteiger partial charge on any atom is -0.295 e. The summed E-state index contributed by atoms with van der Waals surface area (Å²) in [6, 6.07) is 1.10. The van der Waals surface area contributed by atoms with Gasteiger partial charge in [-0.2, -0.15) is 0 Å². The van der Waals surface area contributed by atoms with Crippen LogP contribution in [0.5, 0.6) is 0 Å². The van der Waals surface area contributed by atoms with Crippen LogP contribution in [0, 0.1) is 0 Å². The van der Waals surface area contributed by atoms with Crippen LogP contribution in [0.3, 0.4) is 0 Å². The van der Waals surface area contributed by atoms with Gasteiger partial charge in [0.2, 0.25) is 0 Å². The monoisotopic (exact) mass is 248 g/mol. The summed E-state index contributed by atoms with van der Waals surface area (Å²) in [5.74, 6) is 0.305. The maximum Gasteiger partial charge on any atom is 0.159 e. The van der Waals surface area contributed by atoms with E-state index in [1.54, 1.807) is 0 Å². The molecule has 0 aliphatic heterocycles. The first-order chi connectivity index (χ1) is 7.70. The van der Waals surface area contributed by atoms with Gasteiger partial charge in [0.1, 0.15) is 0 Å². The van der Waals surface area contributed by atoms with Crippen LogP contribution in [0.15, 0.2) is 35.5 Å². The van der Waals surface area contributed by atoms with Crippen molar-refractivity contribution in [3.05, 3.63) is 35.5 Å². The topological polar surface area (TPSA) is 17.1 Å². The van der Waals surface area contributed by atoms with E-state index in [0.717, 1.165) is 30.0 Å². The molecule has 1 nitrogen and oxygen atoms in total. The second kappa shape index (κ2) is 5.17. The highest BCUT2D eigenvalue weighted by Gasteiger charge is 2.24. The first-order valence-corrected chi connectivity index (χ1v) is 9.99. The molecule has 1 rings (SSSR count). The maximum absolute atomic E-state index is 11.9. The standard InChI is InChI=1S/C15H24OSi/c1-11(2)13-7-8-15(16)14(13)9-12(3)10-17(4,5)6/h1,3,7-10H2,2,4-6H3. The van der Waals surface area contributed by atoms with E-state index < -0.39 is 8.07 Å². The van der Waals surface area contributed by atoms with E-state index in [1.165, 1.54) is 11.1 Å². The van der Waals surface area contributed by atoms with Crippen LogP contribution in [0.2, 0.25) is 25.7 Å². The highest BCUT2D eigenvalue weighted by Crippen LogP contribution is 2.33. The van der Waals surface area contributed by atoms with Crippen molar-refractivity contribution in [3.63, 3.8) is 0 Å². The molecule has 1 aliphatic rings. The van der Waals surface area contributed by atoms with E-state index in [9.17, 15) is 4.79 Å². The van der Waals surface area contributed by atoms with Gasteiger partial charge in [0.25, 0.3) is 0 Å². The average molecular weight is 248 g/mol. The maximum atomic E-state index is 11.9. The summed E-state index contributed by atoms with van der Waals surface area (Å²) in [6.07, 6.45) is 2.31. The highest BCUT2D eigenvalue weighted by molar-refractivity contribution is 6.76. The molecule has 2 heteroatoms. The number of allylic oxidation sites excluding steroid dienone is 4. The van der Waals surface area contributed by atoms with E-state index in [4.69, 9.17) is 0 Å². The van der Waals surface area contributed by atoms with Crippen molar-refractivity contribution < 1.29 is 4.79 Å². The molecule has 94 valence electrons. The van der Waals surface area contributed by atoms with Crippen molar-refractivity contribution in [1.82, 2.24) is 0 Å². The fraction of sp³-hybridized carbons (Fsp3) is 0.533. The molecule has 0 aromatic heterocycles. The Kier molecular flexibility index (Phi) is 4.31. The number of carbonyl (C=O) groups is 1. The van der Waals surface area contributed by atoms with E-state index >= 15 is 0 Å². The Balaban J connectivity index is 2.79. The predicted molar refractivity (Wildman–Crippen MR) is 78.0 cm³/mol. The molecule has 17 heavy (non-hydrogen) atoms. The lowest BCUT2D eigenvalue weighted by molar-refractivity contribution is -0.115. The number of ketones is 1. The third kappa shape index (κ3) is 4.12. The summed E-state index contributed by atoms with van der Waals surface area (Å²) in [5.41, 5.74) is 4.44. The Labute approximate surface area is 106 Å². The molecule has 0 fully saturated rings. The molecule has 0 aromatic rings.